The summed E-state index contributed by atoms with van der Waals surface area (Å²) in [5.74, 6) is 6.74. The molecule has 0 heterocycles. The molecule has 1 aromatic carbocycles. The minimum absolute atomic E-state index is 0.485. The summed E-state index contributed by atoms with van der Waals surface area (Å²) in [5.41, 5.74) is 0. The van der Waals surface area contributed by atoms with Crippen LogP contribution in [0.5, 0.6) is 17.2 Å². The van der Waals surface area contributed by atoms with Crippen LogP contribution >= 0.6 is 0 Å². The van der Waals surface area contributed by atoms with Gasteiger partial charge in [0.15, 0.2) is 11.5 Å². The minimum atomic E-state index is 0.485. The zero-order chi connectivity index (χ0) is 8.97. The first-order valence-electron chi connectivity index (χ1n) is 3.40. The van der Waals surface area contributed by atoms with Gasteiger partial charge in [-0.3, -0.25) is 0 Å². The van der Waals surface area contributed by atoms with E-state index in [1.165, 1.54) is 7.11 Å². The highest BCUT2D eigenvalue weighted by molar-refractivity contribution is 5.45. The number of hydrogen-bond acceptors (Lipinski definition) is 4. The second kappa shape index (κ2) is 3.82. The molecule has 0 aromatic heterocycles. The summed E-state index contributed by atoms with van der Waals surface area (Å²) >= 11 is 0. The second-order valence-electron chi connectivity index (χ2n) is 2.13. The average molecular weight is 169 g/mol. The first-order valence-corrected chi connectivity index (χ1v) is 3.40. The van der Waals surface area contributed by atoms with Gasteiger partial charge in [-0.25, -0.2) is 0 Å². The fraction of sp³-hybridized carbons (Fsp3) is 0.250. The fourth-order valence-electron chi connectivity index (χ4n) is 0.872. The van der Waals surface area contributed by atoms with Crippen LogP contribution in [0.15, 0.2) is 18.2 Å². The van der Waals surface area contributed by atoms with E-state index in [9.17, 15) is 0 Å². The molecule has 0 aliphatic rings. The summed E-state index contributed by atoms with van der Waals surface area (Å²) in [6.45, 7) is 0. The third-order valence-electron chi connectivity index (χ3n) is 1.50. The van der Waals surface area contributed by atoms with Crippen LogP contribution in [0.1, 0.15) is 0 Å². The first-order chi connectivity index (χ1) is 5.81. The van der Waals surface area contributed by atoms with Crippen molar-refractivity contribution in [3.8, 4) is 17.2 Å². The molecule has 0 bridgehead atoms. The van der Waals surface area contributed by atoms with Crippen molar-refractivity contribution in [1.82, 2.24) is 0 Å². The highest BCUT2D eigenvalue weighted by Crippen LogP contribution is 2.29. The van der Waals surface area contributed by atoms with Crippen molar-refractivity contribution in [2.45, 2.75) is 0 Å². The SMILES string of the molecule is COc1ccc(ON)c(OC)c1. The van der Waals surface area contributed by atoms with Gasteiger partial charge in [0.25, 0.3) is 0 Å². The summed E-state index contributed by atoms with van der Waals surface area (Å²) in [4.78, 5) is 4.56. The molecular weight excluding hydrogens is 158 g/mol. The Bertz CT molecular complexity index is 262. The van der Waals surface area contributed by atoms with Gasteiger partial charge < -0.3 is 14.3 Å². The number of hydrogen-bond donors (Lipinski definition) is 1. The molecule has 0 amide bonds. The van der Waals surface area contributed by atoms with E-state index in [-0.39, 0.29) is 0 Å². The topological polar surface area (TPSA) is 53.7 Å². The van der Waals surface area contributed by atoms with E-state index in [1.54, 1.807) is 25.3 Å². The molecule has 0 unspecified atom stereocenters. The number of nitrogens with two attached hydrogens (primary N) is 1. The lowest BCUT2D eigenvalue weighted by Gasteiger charge is -2.07. The maximum absolute atomic E-state index is 5.00. The normalized spacial score (nSPS) is 9.25. The van der Waals surface area contributed by atoms with Crippen LogP contribution < -0.4 is 20.2 Å². The zero-order valence-corrected chi connectivity index (χ0v) is 7.03. The summed E-state index contributed by atoms with van der Waals surface area (Å²) in [5, 5.41) is 0. The van der Waals surface area contributed by atoms with Crippen LogP contribution in [-0.2, 0) is 0 Å². The zero-order valence-electron chi connectivity index (χ0n) is 7.03. The first kappa shape index (κ1) is 8.67. The smallest absolute Gasteiger partial charge is 0.188 e. The van der Waals surface area contributed by atoms with Crippen molar-refractivity contribution >= 4 is 0 Å². The van der Waals surface area contributed by atoms with Crippen LogP contribution in [0, 0.1) is 0 Å². The summed E-state index contributed by atoms with van der Waals surface area (Å²) in [6, 6.07) is 5.12. The largest absolute Gasteiger partial charge is 0.497 e. The lowest BCUT2D eigenvalue weighted by molar-refractivity contribution is 0.303. The Hall–Kier alpha value is -1.42. The average Bonchev–Trinajstić information content (AvgIpc) is 2.16. The van der Waals surface area contributed by atoms with Crippen LogP contribution in [0.2, 0.25) is 0 Å². The van der Waals surface area contributed by atoms with Crippen molar-refractivity contribution in [3.05, 3.63) is 18.2 Å². The third kappa shape index (κ3) is 1.60. The van der Waals surface area contributed by atoms with Crippen molar-refractivity contribution in [1.29, 1.82) is 0 Å². The number of benzene rings is 1. The fourth-order valence-corrected chi connectivity index (χ4v) is 0.872. The molecule has 1 aromatic rings. The van der Waals surface area contributed by atoms with Crippen LogP contribution in [-0.4, -0.2) is 14.2 Å². The van der Waals surface area contributed by atoms with Crippen LogP contribution in [0.25, 0.3) is 0 Å². The summed E-state index contributed by atoms with van der Waals surface area (Å²) < 4.78 is 9.97. The number of ether oxygens (including phenoxy) is 2. The van der Waals surface area contributed by atoms with Crippen molar-refractivity contribution in [2.24, 2.45) is 5.90 Å². The quantitative estimate of drug-likeness (QED) is 0.684. The molecular formula is C8H11NO3. The molecule has 0 fully saturated rings. The van der Waals surface area contributed by atoms with Gasteiger partial charge in [0.1, 0.15) is 5.75 Å². The van der Waals surface area contributed by atoms with Crippen molar-refractivity contribution < 1.29 is 14.3 Å². The van der Waals surface area contributed by atoms with Gasteiger partial charge >= 0.3 is 0 Å². The lowest BCUT2D eigenvalue weighted by atomic mass is 10.3. The van der Waals surface area contributed by atoms with Crippen molar-refractivity contribution in [3.63, 3.8) is 0 Å². The van der Waals surface area contributed by atoms with Gasteiger partial charge in [-0.05, 0) is 12.1 Å². The Balaban J connectivity index is 3.02. The molecule has 2 N–H and O–H groups in total. The second-order valence-corrected chi connectivity index (χ2v) is 2.13. The standard InChI is InChI=1S/C8H11NO3/c1-10-6-3-4-7(12-9)8(5-6)11-2/h3-5H,9H2,1-2H3. The van der Waals surface area contributed by atoms with E-state index in [2.05, 4.69) is 4.84 Å². The van der Waals surface area contributed by atoms with Gasteiger partial charge in [-0.2, -0.15) is 5.90 Å². The Morgan fingerprint density at radius 1 is 1.08 bits per heavy atom. The van der Waals surface area contributed by atoms with E-state index in [4.69, 9.17) is 15.4 Å². The Morgan fingerprint density at radius 3 is 2.33 bits per heavy atom. The molecule has 66 valence electrons. The molecule has 4 nitrogen and oxygen atoms in total. The molecule has 0 aliphatic heterocycles. The number of methoxy groups -OCH3 is 2. The highest BCUT2D eigenvalue weighted by Gasteiger charge is 2.04. The van der Waals surface area contributed by atoms with E-state index in [0.29, 0.717) is 17.2 Å². The molecule has 0 saturated heterocycles. The van der Waals surface area contributed by atoms with Gasteiger partial charge in [-0.1, -0.05) is 0 Å². The third-order valence-corrected chi connectivity index (χ3v) is 1.50. The van der Waals surface area contributed by atoms with Gasteiger partial charge in [0.2, 0.25) is 0 Å². The Morgan fingerprint density at radius 2 is 1.83 bits per heavy atom. The van der Waals surface area contributed by atoms with E-state index < -0.39 is 0 Å². The molecule has 0 radical (unpaired) electrons. The molecule has 0 saturated carbocycles. The Labute approximate surface area is 70.8 Å². The molecule has 0 aliphatic carbocycles. The summed E-state index contributed by atoms with van der Waals surface area (Å²) in [7, 11) is 3.12. The van der Waals surface area contributed by atoms with Gasteiger partial charge in [-0.15, -0.1) is 0 Å². The number of rotatable bonds is 3. The van der Waals surface area contributed by atoms with Crippen LogP contribution in [0.4, 0.5) is 0 Å². The van der Waals surface area contributed by atoms with Gasteiger partial charge in [0, 0.05) is 6.07 Å². The van der Waals surface area contributed by atoms with E-state index >= 15 is 0 Å². The highest BCUT2D eigenvalue weighted by atomic mass is 16.6. The molecule has 4 heteroatoms. The lowest BCUT2D eigenvalue weighted by Crippen LogP contribution is -2.03. The molecule has 0 spiro atoms. The predicted molar refractivity (Wildman–Crippen MR) is 44.4 cm³/mol. The van der Waals surface area contributed by atoms with Crippen molar-refractivity contribution in [2.75, 3.05) is 14.2 Å². The maximum Gasteiger partial charge on any atom is 0.188 e. The van der Waals surface area contributed by atoms with E-state index in [1.807, 2.05) is 0 Å². The van der Waals surface area contributed by atoms with Gasteiger partial charge in [0.05, 0.1) is 14.2 Å². The minimum Gasteiger partial charge on any atom is -0.497 e. The maximum atomic E-state index is 5.00. The molecule has 0 atom stereocenters. The molecule has 1 rings (SSSR count). The predicted octanol–water partition coefficient (Wildman–Crippen LogP) is 0.956. The van der Waals surface area contributed by atoms with Crippen LogP contribution in [0.3, 0.4) is 0 Å². The van der Waals surface area contributed by atoms with E-state index in [0.717, 1.165) is 0 Å². The molecule has 12 heavy (non-hydrogen) atoms. The Kier molecular flexibility index (Phi) is 2.76. The summed E-state index contributed by atoms with van der Waals surface area (Å²) in [6.07, 6.45) is 0. The monoisotopic (exact) mass is 169 g/mol.